The molecular formula is C6H7N3O2. The number of carbonyl (C=O) groups is 1. The number of imidazole rings is 1. The lowest BCUT2D eigenvalue weighted by Gasteiger charge is -2.11. The molecule has 0 fully saturated rings. The molecule has 2 N–H and O–H groups in total. The van der Waals surface area contributed by atoms with E-state index in [2.05, 4.69) is 15.3 Å². The van der Waals surface area contributed by atoms with Crippen molar-refractivity contribution in [2.45, 2.75) is 6.92 Å². The first-order valence-corrected chi connectivity index (χ1v) is 3.25. The van der Waals surface area contributed by atoms with Gasteiger partial charge in [-0.15, -0.1) is 0 Å². The fourth-order valence-electron chi connectivity index (χ4n) is 0.969. The predicted molar refractivity (Wildman–Crippen MR) is 37.4 cm³/mol. The number of aromatic amines is 1. The van der Waals surface area contributed by atoms with Crippen LogP contribution < -0.4 is 10.1 Å². The summed E-state index contributed by atoms with van der Waals surface area (Å²) in [5, 5.41) is 2.60. The van der Waals surface area contributed by atoms with Crippen LogP contribution in [0.25, 0.3) is 0 Å². The summed E-state index contributed by atoms with van der Waals surface area (Å²) < 4.78 is 5.00. The van der Waals surface area contributed by atoms with Crippen molar-refractivity contribution in [2.24, 2.45) is 0 Å². The molecule has 0 saturated carbocycles. The largest absolute Gasteiger partial charge is 0.465 e. The summed E-state index contributed by atoms with van der Waals surface area (Å²) in [5.41, 5.74) is 0. The monoisotopic (exact) mass is 153 g/mol. The van der Waals surface area contributed by atoms with E-state index < -0.39 is 0 Å². The Morgan fingerprint density at radius 1 is 1.64 bits per heavy atom. The van der Waals surface area contributed by atoms with Crippen molar-refractivity contribution < 1.29 is 9.53 Å². The lowest BCUT2D eigenvalue weighted by Crippen LogP contribution is -2.25. The van der Waals surface area contributed by atoms with Crippen LogP contribution in [0, 0.1) is 6.92 Å². The third kappa shape index (κ3) is 0.938. The number of carbonyl (C=O) groups excluding carboxylic acids is 1. The molecule has 2 heterocycles. The first-order chi connectivity index (χ1) is 5.25. The highest BCUT2D eigenvalue weighted by atomic mass is 16.5. The Hall–Kier alpha value is -1.52. The quantitative estimate of drug-likeness (QED) is 0.553. The highest BCUT2D eigenvalue weighted by Crippen LogP contribution is 2.23. The molecule has 2 rings (SSSR count). The van der Waals surface area contributed by atoms with E-state index in [1.165, 1.54) is 0 Å². The minimum atomic E-state index is -0.152. The van der Waals surface area contributed by atoms with Gasteiger partial charge in [0.2, 0.25) is 0 Å². The highest BCUT2D eigenvalue weighted by Gasteiger charge is 2.18. The lowest BCUT2D eigenvalue weighted by atomic mass is 10.5. The Kier molecular flexibility index (Phi) is 1.12. The zero-order valence-electron chi connectivity index (χ0n) is 5.97. The summed E-state index contributed by atoms with van der Waals surface area (Å²) in [6.45, 7) is 1.85. The van der Waals surface area contributed by atoms with Crippen molar-refractivity contribution in [1.82, 2.24) is 9.97 Å². The predicted octanol–water partition coefficient (Wildman–Crippen LogP) is 0.0490. The number of rotatable bonds is 0. The van der Waals surface area contributed by atoms with Gasteiger partial charge in [0.15, 0.2) is 12.4 Å². The number of hydrogen-bond donors (Lipinski definition) is 2. The molecular weight excluding hydrogens is 146 g/mol. The van der Waals surface area contributed by atoms with Crippen molar-refractivity contribution >= 4 is 11.7 Å². The summed E-state index contributed by atoms with van der Waals surface area (Å²) in [6.07, 6.45) is 0. The Morgan fingerprint density at radius 3 is 3.27 bits per heavy atom. The Balaban J connectivity index is 2.41. The third-order valence-corrected chi connectivity index (χ3v) is 1.39. The molecule has 5 nitrogen and oxygen atoms in total. The van der Waals surface area contributed by atoms with Crippen LogP contribution in [0.4, 0.5) is 5.82 Å². The molecule has 1 aromatic heterocycles. The number of aryl methyl sites for hydroxylation is 1. The number of nitrogens with one attached hydrogen (secondary N) is 2. The van der Waals surface area contributed by atoms with Gasteiger partial charge in [0.1, 0.15) is 5.82 Å². The van der Waals surface area contributed by atoms with Crippen LogP contribution in [0.5, 0.6) is 5.88 Å². The minimum Gasteiger partial charge on any atom is -0.465 e. The normalized spacial score (nSPS) is 15.2. The molecule has 0 bridgehead atoms. The molecule has 1 aliphatic rings. The number of amides is 1. The standard InChI is InChI=1S/C6H7N3O2/c1-3-7-5-6(8-3)11-2-4(10)9-5/h2H2,1H3,(H,7,8)(H,9,10). The van der Waals surface area contributed by atoms with Gasteiger partial charge < -0.3 is 15.0 Å². The Morgan fingerprint density at radius 2 is 2.45 bits per heavy atom. The molecule has 1 amide bonds. The fourth-order valence-corrected chi connectivity index (χ4v) is 0.969. The van der Waals surface area contributed by atoms with E-state index in [0.717, 1.165) is 5.82 Å². The van der Waals surface area contributed by atoms with Gasteiger partial charge in [0.05, 0.1) is 0 Å². The van der Waals surface area contributed by atoms with Gasteiger partial charge in [-0.25, -0.2) is 0 Å². The van der Waals surface area contributed by atoms with Gasteiger partial charge in [0.25, 0.3) is 11.8 Å². The second-order valence-electron chi connectivity index (χ2n) is 2.34. The maximum atomic E-state index is 10.8. The fraction of sp³-hybridized carbons (Fsp3) is 0.333. The second kappa shape index (κ2) is 1.98. The molecule has 58 valence electrons. The van der Waals surface area contributed by atoms with Gasteiger partial charge in [0, 0.05) is 0 Å². The molecule has 0 radical (unpaired) electrons. The SMILES string of the molecule is Cc1nc2c([nH]1)NC(=O)CO2. The third-order valence-electron chi connectivity index (χ3n) is 1.39. The number of hydrogen-bond acceptors (Lipinski definition) is 3. The number of anilines is 1. The maximum Gasteiger partial charge on any atom is 0.263 e. The molecule has 11 heavy (non-hydrogen) atoms. The summed E-state index contributed by atoms with van der Waals surface area (Å²) >= 11 is 0. The zero-order chi connectivity index (χ0) is 7.84. The molecule has 0 saturated heterocycles. The van der Waals surface area contributed by atoms with E-state index in [1.807, 2.05) is 0 Å². The van der Waals surface area contributed by atoms with Gasteiger partial charge in [-0.3, -0.25) is 4.79 Å². The van der Waals surface area contributed by atoms with E-state index >= 15 is 0 Å². The van der Waals surface area contributed by atoms with Crippen LogP contribution in [0.2, 0.25) is 0 Å². The van der Waals surface area contributed by atoms with Gasteiger partial charge in [-0.05, 0) is 6.92 Å². The number of ether oxygens (including phenoxy) is 1. The molecule has 1 aliphatic heterocycles. The van der Waals surface area contributed by atoms with Crippen LogP contribution in [-0.2, 0) is 4.79 Å². The van der Waals surface area contributed by atoms with Gasteiger partial charge >= 0.3 is 0 Å². The van der Waals surface area contributed by atoms with E-state index in [-0.39, 0.29) is 12.5 Å². The van der Waals surface area contributed by atoms with Crippen molar-refractivity contribution in [3.63, 3.8) is 0 Å². The average Bonchev–Trinajstić information content (AvgIpc) is 2.27. The van der Waals surface area contributed by atoms with Crippen LogP contribution in [0.15, 0.2) is 0 Å². The summed E-state index contributed by atoms with van der Waals surface area (Å²) in [4.78, 5) is 17.6. The van der Waals surface area contributed by atoms with E-state index in [4.69, 9.17) is 4.74 Å². The first-order valence-electron chi connectivity index (χ1n) is 3.25. The van der Waals surface area contributed by atoms with Crippen molar-refractivity contribution in [3.05, 3.63) is 5.82 Å². The number of fused-ring (bicyclic) bond motifs is 1. The number of H-pyrrole nitrogens is 1. The lowest BCUT2D eigenvalue weighted by molar-refractivity contribution is -0.118. The molecule has 5 heteroatoms. The summed E-state index contributed by atoms with van der Waals surface area (Å²) in [6, 6.07) is 0. The number of nitrogens with zero attached hydrogens (tertiary/aromatic N) is 1. The van der Waals surface area contributed by atoms with Crippen LogP contribution in [0.3, 0.4) is 0 Å². The van der Waals surface area contributed by atoms with Crippen LogP contribution >= 0.6 is 0 Å². The number of aromatic nitrogens is 2. The molecule has 0 aromatic carbocycles. The first kappa shape index (κ1) is 6.21. The molecule has 1 aromatic rings. The van der Waals surface area contributed by atoms with Crippen LogP contribution in [-0.4, -0.2) is 22.5 Å². The summed E-state index contributed by atoms with van der Waals surface area (Å²) in [5.74, 6) is 1.61. The van der Waals surface area contributed by atoms with Crippen LogP contribution in [0.1, 0.15) is 5.82 Å². The van der Waals surface area contributed by atoms with Crippen molar-refractivity contribution in [3.8, 4) is 5.88 Å². The topological polar surface area (TPSA) is 67.0 Å². The van der Waals surface area contributed by atoms with Crippen molar-refractivity contribution in [1.29, 1.82) is 0 Å². The second-order valence-corrected chi connectivity index (χ2v) is 2.34. The molecule has 0 aliphatic carbocycles. The zero-order valence-corrected chi connectivity index (χ0v) is 5.97. The molecule has 0 spiro atoms. The summed E-state index contributed by atoms with van der Waals surface area (Å²) in [7, 11) is 0. The average molecular weight is 153 g/mol. The molecule has 0 unspecified atom stereocenters. The Labute approximate surface area is 62.8 Å². The van der Waals surface area contributed by atoms with E-state index in [1.54, 1.807) is 6.92 Å². The highest BCUT2D eigenvalue weighted by molar-refractivity contribution is 5.93. The smallest absolute Gasteiger partial charge is 0.263 e. The van der Waals surface area contributed by atoms with E-state index in [9.17, 15) is 4.79 Å². The maximum absolute atomic E-state index is 10.8. The Bertz CT molecular complexity index is 305. The van der Waals surface area contributed by atoms with Gasteiger partial charge in [-0.1, -0.05) is 0 Å². The van der Waals surface area contributed by atoms with Crippen molar-refractivity contribution in [2.75, 3.05) is 11.9 Å². The van der Waals surface area contributed by atoms with Gasteiger partial charge in [-0.2, -0.15) is 4.98 Å². The minimum absolute atomic E-state index is 0.0529. The van der Waals surface area contributed by atoms with E-state index in [0.29, 0.717) is 11.7 Å². The molecule has 0 atom stereocenters.